The Labute approximate surface area is 107 Å². The van der Waals surface area contributed by atoms with Gasteiger partial charge < -0.3 is 10.6 Å². The van der Waals surface area contributed by atoms with Crippen molar-refractivity contribution in [1.29, 1.82) is 0 Å². The van der Waals surface area contributed by atoms with E-state index in [1.165, 1.54) is 6.42 Å². The lowest BCUT2D eigenvalue weighted by Gasteiger charge is -2.30. The molecule has 1 saturated heterocycles. The number of likely N-dealkylation sites (tertiary alicyclic amines) is 1. The quantitative estimate of drug-likeness (QED) is 0.851. The maximum absolute atomic E-state index is 12.1. The molecule has 1 amide bonds. The number of rotatable bonds is 3. The molecule has 100 valence electrons. The average Bonchev–Trinajstić information content (AvgIpc) is 2.77. The Bertz CT molecular complexity index is 414. The van der Waals surface area contributed by atoms with Crippen molar-refractivity contribution in [2.24, 2.45) is 11.7 Å². The number of amides is 1. The molecule has 0 aliphatic carbocycles. The van der Waals surface area contributed by atoms with Gasteiger partial charge in [-0.3, -0.25) is 4.79 Å². The van der Waals surface area contributed by atoms with Crippen LogP contribution >= 0.6 is 0 Å². The van der Waals surface area contributed by atoms with E-state index in [9.17, 15) is 4.79 Å². The van der Waals surface area contributed by atoms with Crippen molar-refractivity contribution < 1.29 is 4.79 Å². The molecule has 2 unspecified atom stereocenters. The zero-order valence-electron chi connectivity index (χ0n) is 11.0. The van der Waals surface area contributed by atoms with Gasteiger partial charge in [0.05, 0.1) is 11.9 Å². The van der Waals surface area contributed by atoms with Crippen molar-refractivity contribution in [1.82, 2.24) is 19.9 Å². The molecule has 18 heavy (non-hydrogen) atoms. The molecule has 2 N–H and O–H groups in total. The Morgan fingerprint density at radius 2 is 2.44 bits per heavy atom. The molecule has 0 radical (unpaired) electrons. The van der Waals surface area contributed by atoms with Gasteiger partial charge >= 0.3 is 0 Å². The molecule has 6 heteroatoms. The van der Waals surface area contributed by atoms with Gasteiger partial charge in [0.25, 0.3) is 0 Å². The molecule has 0 spiro atoms. The lowest BCUT2D eigenvalue weighted by molar-refractivity contribution is -0.133. The van der Waals surface area contributed by atoms with E-state index in [0.717, 1.165) is 25.2 Å². The molecular formula is C12H21N5O. The number of hydrogen-bond acceptors (Lipinski definition) is 4. The van der Waals surface area contributed by atoms with E-state index in [-0.39, 0.29) is 18.5 Å². The fourth-order valence-corrected chi connectivity index (χ4v) is 2.25. The van der Waals surface area contributed by atoms with Crippen LogP contribution in [-0.2, 0) is 11.3 Å². The first-order valence-corrected chi connectivity index (χ1v) is 6.49. The summed E-state index contributed by atoms with van der Waals surface area (Å²) in [4.78, 5) is 14.0. The number of carbonyl (C=O) groups is 1. The van der Waals surface area contributed by atoms with Crippen molar-refractivity contribution >= 4 is 5.91 Å². The van der Waals surface area contributed by atoms with Gasteiger partial charge in [-0.2, -0.15) is 0 Å². The van der Waals surface area contributed by atoms with Crippen molar-refractivity contribution in [2.75, 3.05) is 13.1 Å². The smallest absolute Gasteiger partial charge is 0.244 e. The number of hydrogen-bond donors (Lipinski definition) is 1. The maximum atomic E-state index is 12.1. The summed E-state index contributed by atoms with van der Waals surface area (Å²) in [5.74, 6) is 0.709. The van der Waals surface area contributed by atoms with Crippen LogP contribution in [0.3, 0.4) is 0 Å². The van der Waals surface area contributed by atoms with Crippen LogP contribution in [0.25, 0.3) is 0 Å². The molecule has 1 aromatic heterocycles. The third-order valence-corrected chi connectivity index (χ3v) is 3.33. The van der Waals surface area contributed by atoms with Crippen LogP contribution < -0.4 is 5.73 Å². The third-order valence-electron chi connectivity index (χ3n) is 3.33. The molecule has 2 rings (SSSR count). The summed E-state index contributed by atoms with van der Waals surface area (Å²) in [6.07, 6.45) is 4.05. The van der Waals surface area contributed by atoms with Gasteiger partial charge in [0.15, 0.2) is 0 Å². The standard InChI is InChI=1S/C12H21N5O/c1-9-4-3-5-16(6-9)12(18)8-17-7-11(10(2)13)14-15-17/h7,9-10H,3-6,8,13H2,1-2H3. The monoisotopic (exact) mass is 251 g/mol. The minimum atomic E-state index is -0.149. The van der Waals surface area contributed by atoms with Crippen molar-refractivity contribution in [2.45, 2.75) is 39.3 Å². The zero-order chi connectivity index (χ0) is 13.1. The van der Waals surface area contributed by atoms with Crippen LogP contribution in [0.2, 0.25) is 0 Å². The first kappa shape index (κ1) is 13.0. The fraction of sp³-hybridized carbons (Fsp3) is 0.750. The zero-order valence-corrected chi connectivity index (χ0v) is 11.0. The molecule has 2 atom stereocenters. The summed E-state index contributed by atoms with van der Waals surface area (Å²) in [5, 5.41) is 7.88. The Morgan fingerprint density at radius 3 is 3.06 bits per heavy atom. The predicted octanol–water partition coefficient (Wildman–Crippen LogP) is 0.556. The van der Waals surface area contributed by atoms with Gasteiger partial charge in [-0.05, 0) is 25.7 Å². The molecule has 1 fully saturated rings. The van der Waals surface area contributed by atoms with Crippen LogP contribution in [-0.4, -0.2) is 38.9 Å². The van der Waals surface area contributed by atoms with E-state index in [2.05, 4.69) is 17.2 Å². The van der Waals surface area contributed by atoms with Gasteiger partial charge in [0, 0.05) is 19.1 Å². The molecule has 1 aliphatic heterocycles. The van der Waals surface area contributed by atoms with Crippen LogP contribution in [0.4, 0.5) is 0 Å². The van der Waals surface area contributed by atoms with Crippen LogP contribution in [0.15, 0.2) is 6.20 Å². The molecule has 0 bridgehead atoms. The third kappa shape index (κ3) is 3.07. The summed E-state index contributed by atoms with van der Waals surface area (Å²) >= 11 is 0. The minimum Gasteiger partial charge on any atom is -0.341 e. The average molecular weight is 251 g/mol. The molecule has 1 aromatic rings. The van der Waals surface area contributed by atoms with Gasteiger partial charge in [-0.25, -0.2) is 4.68 Å². The number of nitrogens with two attached hydrogens (primary N) is 1. The lowest BCUT2D eigenvalue weighted by atomic mass is 10.0. The van der Waals surface area contributed by atoms with Crippen LogP contribution in [0.1, 0.15) is 38.4 Å². The lowest BCUT2D eigenvalue weighted by Crippen LogP contribution is -2.40. The summed E-state index contributed by atoms with van der Waals surface area (Å²) in [6.45, 7) is 6.00. The normalized spacial score (nSPS) is 21.9. The van der Waals surface area contributed by atoms with Gasteiger partial charge in [0.1, 0.15) is 6.54 Å². The maximum Gasteiger partial charge on any atom is 0.244 e. The second-order valence-electron chi connectivity index (χ2n) is 5.22. The van der Waals surface area contributed by atoms with Gasteiger partial charge in [0.2, 0.25) is 5.91 Å². The number of carbonyl (C=O) groups excluding carboxylic acids is 1. The van der Waals surface area contributed by atoms with Crippen molar-refractivity contribution in [3.8, 4) is 0 Å². The first-order chi connectivity index (χ1) is 8.56. The van der Waals surface area contributed by atoms with E-state index < -0.39 is 0 Å². The summed E-state index contributed by atoms with van der Waals surface area (Å²) in [7, 11) is 0. The Hall–Kier alpha value is -1.43. The van der Waals surface area contributed by atoms with E-state index in [0.29, 0.717) is 5.92 Å². The highest BCUT2D eigenvalue weighted by Gasteiger charge is 2.21. The number of aromatic nitrogens is 3. The van der Waals surface area contributed by atoms with E-state index in [1.54, 1.807) is 10.9 Å². The summed E-state index contributed by atoms with van der Waals surface area (Å²) < 4.78 is 1.57. The van der Waals surface area contributed by atoms with Gasteiger partial charge in [-0.15, -0.1) is 5.10 Å². The topological polar surface area (TPSA) is 77.0 Å². The number of nitrogens with zero attached hydrogens (tertiary/aromatic N) is 4. The number of piperidine rings is 1. The summed E-state index contributed by atoms with van der Waals surface area (Å²) in [6, 6.07) is -0.149. The fourth-order valence-electron chi connectivity index (χ4n) is 2.25. The largest absolute Gasteiger partial charge is 0.341 e. The summed E-state index contributed by atoms with van der Waals surface area (Å²) in [5.41, 5.74) is 6.43. The molecule has 0 saturated carbocycles. The molecule has 1 aliphatic rings. The van der Waals surface area contributed by atoms with Crippen molar-refractivity contribution in [3.63, 3.8) is 0 Å². The minimum absolute atomic E-state index is 0.114. The first-order valence-electron chi connectivity index (χ1n) is 6.49. The SMILES string of the molecule is CC1CCCN(C(=O)Cn2cc(C(C)N)nn2)C1. The van der Waals surface area contributed by atoms with E-state index in [1.807, 2.05) is 11.8 Å². The van der Waals surface area contributed by atoms with E-state index in [4.69, 9.17) is 5.73 Å². The molecule has 6 nitrogen and oxygen atoms in total. The Balaban J connectivity index is 1.93. The van der Waals surface area contributed by atoms with Crippen LogP contribution in [0, 0.1) is 5.92 Å². The van der Waals surface area contributed by atoms with Crippen LogP contribution in [0.5, 0.6) is 0 Å². The highest BCUT2D eigenvalue weighted by molar-refractivity contribution is 5.76. The molecule has 0 aromatic carbocycles. The second-order valence-corrected chi connectivity index (χ2v) is 5.22. The molecular weight excluding hydrogens is 230 g/mol. The van der Waals surface area contributed by atoms with Gasteiger partial charge in [-0.1, -0.05) is 12.1 Å². The predicted molar refractivity (Wildman–Crippen MR) is 67.6 cm³/mol. The Morgan fingerprint density at radius 1 is 1.67 bits per heavy atom. The van der Waals surface area contributed by atoms with E-state index >= 15 is 0 Å². The second kappa shape index (κ2) is 5.48. The molecule has 2 heterocycles. The highest BCUT2D eigenvalue weighted by atomic mass is 16.2. The van der Waals surface area contributed by atoms with Crippen molar-refractivity contribution in [3.05, 3.63) is 11.9 Å². The Kier molecular flexibility index (Phi) is 3.96. The highest BCUT2D eigenvalue weighted by Crippen LogP contribution is 2.15.